The first kappa shape index (κ1) is 13.9. The van der Waals surface area contributed by atoms with Crippen LogP contribution in [0, 0.1) is 5.92 Å². The van der Waals surface area contributed by atoms with Gasteiger partial charge in [0.25, 0.3) is 0 Å². The van der Waals surface area contributed by atoms with E-state index in [9.17, 15) is 15.0 Å². The van der Waals surface area contributed by atoms with E-state index in [2.05, 4.69) is 18.7 Å². The molecule has 2 rings (SSSR count). The Morgan fingerprint density at radius 3 is 2.58 bits per heavy atom. The van der Waals surface area contributed by atoms with Gasteiger partial charge in [0.1, 0.15) is 11.5 Å². The summed E-state index contributed by atoms with van der Waals surface area (Å²) >= 11 is 0. The lowest BCUT2D eigenvalue weighted by Crippen LogP contribution is -2.34. The van der Waals surface area contributed by atoms with Crippen molar-refractivity contribution in [1.29, 1.82) is 0 Å². The minimum atomic E-state index is -0.148. The number of hydrogen-bond donors (Lipinski definition) is 2. The molecule has 0 bridgehead atoms. The summed E-state index contributed by atoms with van der Waals surface area (Å²) in [4.78, 5) is 14.4. The molecule has 1 aliphatic carbocycles. The van der Waals surface area contributed by atoms with Gasteiger partial charge in [-0.3, -0.25) is 9.69 Å². The molecular weight excluding hydrogens is 242 g/mol. The van der Waals surface area contributed by atoms with Crippen molar-refractivity contribution in [2.75, 3.05) is 13.1 Å². The average molecular weight is 263 g/mol. The van der Waals surface area contributed by atoms with Crippen molar-refractivity contribution >= 4 is 5.78 Å². The van der Waals surface area contributed by atoms with Crippen LogP contribution < -0.4 is 0 Å². The molecular formula is C15H21NO3. The molecule has 1 fully saturated rings. The number of rotatable bonds is 6. The van der Waals surface area contributed by atoms with E-state index >= 15 is 0 Å². The van der Waals surface area contributed by atoms with Crippen molar-refractivity contribution < 1.29 is 15.0 Å². The lowest BCUT2D eigenvalue weighted by Gasteiger charge is -2.23. The van der Waals surface area contributed by atoms with E-state index in [1.807, 2.05) is 0 Å². The molecule has 1 aliphatic rings. The van der Waals surface area contributed by atoms with Crippen LogP contribution in [-0.2, 0) is 0 Å². The van der Waals surface area contributed by atoms with E-state index < -0.39 is 0 Å². The summed E-state index contributed by atoms with van der Waals surface area (Å²) in [6.07, 6.45) is 2.31. The minimum absolute atomic E-state index is 0.0321. The summed E-state index contributed by atoms with van der Waals surface area (Å²) in [5.74, 6) is 0.243. The SMILES string of the molecule is CC(C)CN(CC(=O)c1ccc(O)cc1O)C1CC1. The molecule has 4 nitrogen and oxygen atoms in total. The molecule has 19 heavy (non-hydrogen) atoms. The van der Waals surface area contributed by atoms with Crippen molar-refractivity contribution in [2.24, 2.45) is 5.92 Å². The zero-order chi connectivity index (χ0) is 14.0. The molecule has 104 valence electrons. The first-order valence-electron chi connectivity index (χ1n) is 6.76. The number of carbonyl (C=O) groups is 1. The quantitative estimate of drug-likeness (QED) is 0.774. The van der Waals surface area contributed by atoms with Gasteiger partial charge in [0.2, 0.25) is 0 Å². The molecule has 0 atom stereocenters. The maximum absolute atomic E-state index is 12.2. The van der Waals surface area contributed by atoms with Crippen LogP contribution in [0.3, 0.4) is 0 Å². The highest BCUT2D eigenvalue weighted by atomic mass is 16.3. The second kappa shape index (κ2) is 5.61. The standard InChI is InChI=1S/C15H21NO3/c1-10(2)8-16(11-3-4-11)9-15(19)13-6-5-12(17)7-14(13)18/h5-7,10-11,17-18H,3-4,8-9H2,1-2H3. The Morgan fingerprint density at radius 1 is 1.37 bits per heavy atom. The monoisotopic (exact) mass is 263 g/mol. The van der Waals surface area contributed by atoms with Crippen LogP contribution >= 0.6 is 0 Å². The summed E-state index contributed by atoms with van der Waals surface area (Å²) < 4.78 is 0. The highest BCUT2D eigenvalue weighted by Crippen LogP contribution is 2.29. The third-order valence-corrected chi connectivity index (χ3v) is 3.29. The topological polar surface area (TPSA) is 60.8 Å². The smallest absolute Gasteiger partial charge is 0.180 e. The van der Waals surface area contributed by atoms with Crippen molar-refractivity contribution in [3.05, 3.63) is 23.8 Å². The van der Waals surface area contributed by atoms with E-state index in [1.54, 1.807) is 0 Å². The predicted octanol–water partition coefficient (Wildman–Crippen LogP) is 2.40. The fourth-order valence-corrected chi connectivity index (χ4v) is 2.28. The Balaban J connectivity index is 2.06. The number of carbonyl (C=O) groups excluding carboxylic acids is 1. The van der Waals surface area contributed by atoms with Gasteiger partial charge in [-0.15, -0.1) is 0 Å². The molecule has 0 radical (unpaired) electrons. The third-order valence-electron chi connectivity index (χ3n) is 3.29. The van der Waals surface area contributed by atoms with Gasteiger partial charge in [-0.2, -0.15) is 0 Å². The van der Waals surface area contributed by atoms with Gasteiger partial charge in [-0.1, -0.05) is 13.8 Å². The molecule has 0 unspecified atom stereocenters. The molecule has 1 aromatic rings. The molecule has 0 heterocycles. The van der Waals surface area contributed by atoms with Gasteiger partial charge in [0.15, 0.2) is 5.78 Å². The molecule has 0 aliphatic heterocycles. The van der Waals surface area contributed by atoms with Crippen LogP contribution in [0.15, 0.2) is 18.2 Å². The number of phenols is 2. The Kier molecular flexibility index (Phi) is 4.10. The number of benzene rings is 1. The Labute approximate surface area is 113 Å². The van der Waals surface area contributed by atoms with Crippen LogP contribution in [0.5, 0.6) is 11.5 Å². The number of Topliss-reactive ketones (excluding diaryl/α,β-unsaturated/α-hetero) is 1. The first-order chi connectivity index (χ1) is 8.97. The molecule has 0 amide bonds. The van der Waals surface area contributed by atoms with E-state index in [4.69, 9.17) is 0 Å². The van der Waals surface area contributed by atoms with Gasteiger partial charge in [0, 0.05) is 18.7 Å². The summed E-state index contributed by atoms with van der Waals surface area (Å²) in [7, 11) is 0. The third kappa shape index (κ3) is 3.70. The summed E-state index contributed by atoms with van der Waals surface area (Å²) in [5, 5.41) is 18.9. The van der Waals surface area contributed by atoms with Crippen LogP contribution in [0.4, 0.5) is 0 Å². The van der Waals surface area contributed by atoms with Crippen LogP contribution in [-0.4, -0.2) is 40.0 Å². The van der Waals surface area contributed by atoms with E-state index in [-0.39, 0.29) is 22.8 Å². The Morgan fingerprint density at radius 2 is 2.05 bits per heavy atom. The fourth-order valence-electron chi connectivity index (χ4n) is 2.28. The van der Waals surface area contributed by atoms with Gasteiger partial charge in [-0.05, 0) is 30.9 Å². The first-order valence-corrected chi connectivity index (χ1v) is 6.76. The number of nitrogens with zero attached hydrogens (tertiary/aromatic N) is 1. The second-order valence-corrected chi connectivity index (χ2v) is 5.68. The van der Waals surface area contributed by atoms with E-state index in [0.717, 1.165) is 19.4 Å². The molecule has 1 aromatic carbocycles. The van der Waals surface area contributed by atoms with E-state index in [0.29, 0.717) is 18.5 Å². The number of aromatic hydroxyl groups is 2. The van der Waals surface area contributed by atoms with Crippen LogP contribution in [0.1, 0.15) is 37.0 Å². The molecule has 0 aromatic heterocycles. The fraction of sp³-hybridized carbons (Fsp3) is 0.533. The highest BCUT2D eigenvalue weighted by Gasteiger charge is 2.31. The predicted molar refractivity (Wildman–Crippen MR) is 73.5 cm³/mol. The lowest BCUT2D eigenvalue weighted by molar-refractivity contribution is 0.0912. The Hall–Kier alpha value is -1.55. The Bertz CT molecular complexity index is 466. The molecule has 4 heteroatoms. The number of phenolic OH excluding ortho intramolecular Hbond substituents is 2. The maximum Gasteiger partial charge on any atom is 0.180 e. The average Bonchev–Trinajstić information content (AvgIpc) is 3.10. The van der Waals surface area contributed by atoms with Gasteiger partial charge in [0.05, 0.1) is 12.1 Å². The summed E-state index contributed by atoms with van der Waals surface area (Å²) in [6.45, 7) is 5.51. The lowest BCUT2D eigenvalue weighted by atomic mass is 10.1. The molecule has 2 N–H and O–H groups in total. The van der Waals surface area contributed by atoms with Crippen molar-refractivity contribution in [3.8, 4) is 11.5 Å². The van der Waals surface area contributed by atoms with Crippen LogP contribution in [0.25, 0.3) is 0 Å². The normalized spacial score (nSPS) is 15.2. The molecule has 1 saturated carbocycles. The van der Waals surface area contributed by atoms with Crippen molar-refractivity contribution in [1.82, 2.24) is 4.90 Å². The van der Waals surface area contributed by atoms with E-state index in [1.165, 1.54) is 18.2 Å². The van der Waals surface area contributed by atoms with Gasteiger partial charge >= 0.3 is 0 Å². The number of ketones is 1. The van der Waals surface area contributed by atoms with Crippen molar-refractivity contribution in [3.63, 3.8) is 0 Å². The number of hydrogen-bond acceptors (Lipinski definition) is 4. The largest absolute Gasteiger partial charge is 0.508 e. The zero-order valence-corrected chi connectivity index (χ0v) is 11.5. The molecule has 0 spiro atoms. The molecule has 0 saturated heterocycles. The van der Waals surface area contributed by atoms with Gasteiger partial charge in [-0.25, -0.2) is 0 Å². The van der Waals surface area contributed by atoms with Gasteiger partial charge < -0.3 is 10.2 Å². The van der Waals surface area contributed by atoms with Crippen LogP contribution in [0.2, 0.25) is 0 Å². The highest BCUT2D eigenvalue weighted by molar-refractivity contribution is 6.00. The second-order valence-electron chi connectivity index (χ2n) is 5.68. The van der Waals surface area contributed by atoms with Crippen molar-refractivity contribution in [2.45, 2.75) is 32.7 Å². The minimum Gasteiger partial charge on any atom is -0.508 e. The maximum atomic E-state index is 12.2. The zero-order valence-electron chi connectivity index (χ0n) is 11.5. The summed E-state index contributed by atoms with van der Waals surface area (Å²) in [5.41, 5.74) is 0.284. The summed E-state index contributed by atoms with van der Waals surface area (Å²) in [6, 6.07) is 4.63.